The van der Waals surface area contributed by atoms with E-state index in [1.54, 1.807) is 12.3 Å². The van der Waals surface area contributed by atoms with E-state index in [0.29, 0.717) is 11.6 Å². The van der Waals surface area contributed by atoms with Crippen LogP contribution in [0.5, 0.6) is 0 Å². The third-order valence-corrected chi connectivity index (χ3v) is 4.35. The molecule has 0 aliphatic carbocycles. The molecule has 118 valence electrons. The lowest BCUT2D eigenvalue weighted by molar-refractivity contribution is 0.401. The zero-order valence-electron chi connectivity index (χ0n) is 13.1. The number of pyridine rings is 1. The molecule has 2 aromatic carbocycles. The molecule has 1 aromatic heterocycles. The van der Waals surface area contributed by atoms with Crippen molar-refractivity contribution in [3.63, 3.8) is 0 Å². The Labute approximate surface area is 140 Å². The Bertz CT molecular complexity index is 840. The number of hydrogen-bond donors (Lipinski definition) is 1. The summed E-state index contributed by atoms with van der Waals surface area (Å²) < 4.78 is 13.2. The zero-order valence-corrected chi connectivity index (χ0v) is 13.9. The van der Waals surface area contributed by atoms with Gasteiger partial charge in [-0.2, -0.15) is 0 Å². The molecule has 0 saturated carbocycles. The SMILES string of the molecule is CC(C)(NCc1cccc2cccnc12)c1ccc(F)cc1Cl. The number of benzene rings is 2. The number of halogens is 2. The Morgan fingerprint density at radius 3 is 2.70 bits per heavy atom. The number of fused-ring (bicyclic) bond motifs is 1. The predicted octanol–water partition coefficient (Wildman–Crippen LogP) is 5.05. The van der Waals surface area contributed by atoms with Crippen LogP contribution in [0.1, 0.15) is 25.0 Å². The molecule has 3 rings (SSSR count). The highest BCUT2D eigenvalue weighted by Gasteiger charge is 2.23. The molecule has 1 heterocycles. The summed E-state index contributed by atoms with van der Waals surface area (Å²) >= 11 is 6.20. The molecular formula is C19H18ClFN2. The van der Waals surface area contributed by atoms with Gasteiger partial charge in [-0.3, -0.25) is 4.98 Å². The van der Waals surface area contributed by atoms with Crippen LogP contribution in [0.3, 0.4) is 0 Å². The average Bonchev–Trinajstić information content (AvgIpc) is 2.52. The van der Waals surface area contributed by atoms with Gasteiger partial charge in [0.2, 0.25) is 0 Å². The fraction of sp³-hybridized carbons (Fsp3) is 0.211. The molecule has 0 saturated heterocycles. The Morgan fingerprint density at radius 1 is 1.13 bits per heavy atom. The smallest absolute Gasteiger partial charge is 0.124 e. The van der Waals surface area contributed by atoms with Crippen molar-refractivity contribution in [1.29, 1.82) is 0 Å². The van der Waals surface area contributed by atoms with Crippen molar-refractivity contribution in [3.8, 4) is 0 Å². The molecule has 3 aromatic rings. The summed E-state index contributed by atoms with van der Waals surface area (Å²) in [6, 6.07) is 14.6. The summed E-state index contributed by atoms with van der Waals surface area (Å²) in [7, 11) is 0. The molecule has 0 aliphatic rings. The van der Waals surface area contributed by atoms with Gasteiger partial charge in [0.05, 0.1) is 5.52 Å². The molecule has 1 N–H and O–H groups in total. The fourth-order valence-electron chi connectivity index (χ4n) is 2.72. The maximum Gasteiger partial charge on any atom is 0.124 e. The summed E-state index contributed by atoms with van der Waals surface area (Å²) in [5.74, 6) is -0.326. The van der Waals surface area contributed by atoms with Crippen LogP contribution in [-0.4, -0.2) is 4.98 Å². The standard InChI is InChI=1S/C19H18ClFN2/c1-19(2,16-9-8-15(21)11-17(16)20)23-12-14-6-3-5-13-7-4-10-22-18(13)14/h3-11,23H,12H2,1-2H3. The van der Waals surface area contributed by atoms with Crippen LogP contribution in [-0.2, 0) is 12.1 Å². The van der Waals surface area contributed by atoms with Crippen molar-refractivity contribution in [2.45, 2.75) is 25.9 Å². The highest BCUT2D eigenvalue weighted by atomic mass is 35.5. The largest absolute Gasteiger partial charge is 0.304 e. The van der Waals surface area contributed by atoms with Crippen LogP contribution in [0.4, 0.5) is 4.39 Å². The van der Waals surface area contributed by atoms with E-state index in [2.05, 4.69) is 16.4 Å². The number of nitrogens with zero attached hydrogens (tertiary/aromatic N) is 1. The monoisotopic (exact) mass is 328 g/mol. The van der Waals surface area contributed by atoms with E-state index in [1.165, 1.54) is 12.1 Å². The van der Waals surface area contributed by atoms with Crippen LogP contribution in [0.15, 0.2) is 54.7 Å². The van der Waals surface area contributed by atoms with Gasteiger partial charge in [0, 0.05) is 28.7 Å². The van der Waals surface area contributed by atoms with Gasteiger partial charge in [-0.25, -0.2) is 4.39 Å². The summed E-state index contributed by atoms with van der Waals surface area (Å²) in [6.45, 7) is 4.71. The lowest BCUT2D eigenvalue weighted by atomic mass is 9.93. The second-order valence-electron chi connectivity index (χ2n) is 6.09. The van der Waals surface area contributed by atoms with E-state index >= 15 is 0 Å². The molecule has 0 bridgehead atoms. The first-order valence-corrected chi connectivity index (χ1v) is 7.88. The molecule has 0 spiro atoms. The van der Waals surface area contributed by atoms with Crippen molar-refractivity contribution in [2.24, 2.45) is 0 Å². The number of rotatable bonds is 4. The van der Waals surface area contributed by atoms with Gasteiger partial charge in [-0.1, -0.05) is 41.9 Å². The van der Waals surface area contributed by atoms with Gasteiger partial charge in [0.15, 0.2) is 0 Å². The van der Waals surface area contributed by atoms with E-state index in [1.807, 2.05) is 38.1 Å². The van der Waals surface area contributed by atoms with Gasteiger partial charge in [-0.05, 0) is 43.2 Å². The first-order chi connectivity index (χ1) is 11.0. The number of hydrogen-bond acceptors (Lipinski definition) is 2. The van der Waals surface area contributed by atoms with Gasteiger partial charge < -0.3 is 5.32 Å². The van der Waals surface area contributed by atoms with Gasteiger partial charge in [0.25, 0.3) is 0 Å². The van der Waals surface area contributed by atoms with Crippen molar-refractivity contribution >= 4 is 22.5 Å². The first-order valence-electron chi connectivity index (χ1n) is 7.50. The summed E-state index contributed by atoms with van der Waals surface area (Å²) in [6.07, 6.45) is 1.80. The highest BCUT2D eigenvalue weighted by Crippen LogP contribution is 2.29. The minimum atomic E-state index is -0.387. The van der Waals surface area contributed by atoms with E-state index < -0.39 is 0 Å². The van der Waals surface area contributed by atoms with E-state index in [4.69, 9.17) is 11.6 Å². The summed E-state index contributed by atoms with van der Waals surface area (Å²) in [4.78, 5) is 4.47. The second kappa shape index (κ2) is 6.26. The molecule has 23 heavy (non-hydrogen) atoms. The maximum atomic E-state index is 13.2. The first kappa shape index (κ1) is 15.9. The predicted molar refractivity (Wildman–Crippen MR) is 93.0 cm³/mol. The van der Waals surface area contributed by atoms with E-state index in [-0.39, 0.29) is 11.4 Å². The van der Waals surface area contributed by atoms with Crippen LogP contribution in [0, 0.1) is 5.82 Å². The van der Waals surface area contributed by atoms with Crippen LogP contribution in [0.25, 0.3) is 10.9 Å². The van der Waals surface area contributed by atoms with Gasteiger partial charge >= 0.3 is 0 Å². The molecule has 2 nitrogen and oxygen atoms in total. The third kappa shape index (κ3) is 3.36. The Balaban J connectivity index is 1.86. The molecule has 0 amide bonds. The zero-order chi connectivity index (χ0) is 16.4. The number of nitrogens with one attached hydrogen (secondary N) is 1. The lowest BCUT2D eigenvalue weighted by Crippen LogP contribution is -2.36. The van der Waals surface area contributed by atoms with Crippen LogP contribution >= 0.6 is 11.6 Å². The number of para-hydroxylation sites is 1. The molecular weight excluding hydrogens is 311 g/mol. The molecule has 0 radical (unpaired) electrons. The third-order valence-electron chi connectivity index (χ3n) is 4.04. The highest BCUT2D eigenvalue weighted by molar-refractivity contribution is 6.31. The summed E-state index contributed by atoms with van der Waals surface area (Å²) in [5.41, 5.74) is 2.59. The molecule has 0 unspecified atom stereocenters. The normalized spacial score (nSPS) is 11.8. The molecule has 0 fully saturated rings. The maximum absolute atomic E-state index is 13.2. The topological polar surface area (TPSA) is 24.9 Å². The molecule has 0 aliphatic heterocycles. The quantitative estimate of drug-likeness (QED) is 0.724. The Kier molecular flexibility index (Phi) is 4.33. The van der Waals surface area contributed by atoms with Gasteiger partial charge in [0.1, 0.15) is 5.82 Å². The van der Waals surface area contributed by atoms with Crippen molar-refractivity contribution in [3.05, 3.63) is 76.7 Å². The van der Waals surface area contributed by atoms with E-state index in [9.17, 15) is 4.39 Å². The summed E-state index contributed by atoms with van der Waals surface area (Å²) in [5, 5.41) is 5.04. The van der Waals surface area contributed by atoms with Crippen molar-refractivity contribution in [2.75, 3.05) is 0 Å². The Morgan fingerprint density at radius 2 is 1.91 bits per heavy atom. The molecule has 0 atom stereocenters. The van der Waals surface area contributed by atoms with Crippen molar-refractivity contribution < 1.29 is 4.39 Å². The van der Waals surface area contributed by atoms with Gasteiger partial charge in [-0.15, -0.1) is 0 Å². The Hall–Kier alpha value is -1.97. The number of aromatic nitrogens is 1. The fourth-order valence-corrected chi connectivity index (χ4v) is 3.12. The average molecular weight is 329 g/mol. The second-order valence-corrected chi connectivity index (χ2v) is 6.50. The van der Waals surface area contributed by atoms with Crippen LogP contribution in [0.2, 0.25) is 5.02 Å². The molecule has 4 heteroatoms. The minimum Gasteiger partial charge on any atom is -0.304 e. The minimum absolute atomic E-state index is 0.326. The van der Waals surface area contributed by atoms with Crippen LogP contribution < -0.4 is 5.32 Å². The lowest BCUT2D eigenvalue weighted by Gasteiger charge is -2.28. The van der Waals surface area contributed by atoms with E-state index in [0.717, 1.165) is 22.0 Å². The van der Waals surface area contributed by atoms with Crippen molar-refractivity contribution in [1.82, 2.24) is 10.3 Å².